The third-order valence-corrected chi connectivity index (χ3v) is 4.57. The lowest BCUT2D eigenvalue weighted by Crippen LogP contribution is -2.28. The average molecular weight is 245 g/mol. The van der Waals surface area contributed by atoms with Crippen molar-refractivity contribution in [3.63, 3.8) is 0 Å². The van der Waals surface area contributed by atoms with Gasteiger partial charge in [0, 0.05) is 0 Å². The minimum atomic E-state index is 0.0479. The van der Waals surface area contributed by atoms with Crippen LogP contribution in [0.25, 0.3) is 0 Å². The first-order valence-electron chi connectivity index (χ1n) is 7.25. The van der Waals surface area contributed by atoms with E-state index in [2.05, 4.69) is 31.2 Å². The smallest absolute Gasteiger partial charge is 0.0772 e. The summed E-state index contributed by atoms with van der Waals surface area (Å²) in [4.78, 5) is 0. The van der Waals surface area contributed by atoms with E-state index in [4.69, 9.17) is 10.5 Å². The highest BCUT2D eigenvalue weighted by atomic mass is 16.5. The predicted octanol–water partition coefficient (Wildman–Crippen LogP) is 3.52. The first kappa shape index (κ1) is 12.2. The maximum absolute atomic E-state index is 6.45. The van der Waals surface area contributed by atoms with Crippen LogP contribution in [0.4, 0.5) is 0 Å². The molecule has 1 saturated heterocycles. The van der Waals surface area contributed by atoms with Crippen molar-refractivity contribution in [2.45, 2.75) is 63.2 Å². The molecule has 2 N–H and O–H groups in total. The molecular weight excluding hydrogens is 222 g/mol. The van der Waals surface area contributed by atoms with Gasteiger partial charge in [-0.3, -0.25) is 0 Å². The average Bonchev–Trinajstić information content (AvgIpc) is 2.74. The summed E-state index contributed by atoms with van der Waals surface area (Å²) in [5.74, 6) is 0.742. The summed E-state index contributed by atoms with van der Waals surface area (Å²) in [6.07, 6.45) is 6.84. The maximum Gasteiger partial charge on any atom is 0.0772 e. The Kier molecular flexibility index (Phi) is 3.40. The van der Waals surface area contributed by atoms with Crippen LogP contribution >= 0.6 is 0 Å². The van der Waals surface area contributed by atoms with Crippen LogP contribution in [0.3, 0.4) is 0 Å². The van der Waals surface area contributed by atoms with Crippen molar-refractivity contribution in [1.29, 1.82) is 0 Å². The maximum atomic E-state index is 6.45. The summed E-state index contributed by atoms with van der Waals surface area (Å²) in [5, 5.41) is 0. The molecule has 3 unspecified atom stereocenters. The van der Waals surface area contributed by atoms with Gasteiger partial charge in [0.15, 0.2) is 0 Å². The van der Waals surface area contributed by atoms with Gasteiger partial charge in [-0.05, 0) is 49.7 Å². The normalized spacial score (nSPS) is 30.1. The lowest BCUT2D eigenvalue weighted by Gasteiger charge is -2.31. The Labute approximate surface area is 110 Å². The zero-order valence-electron chi connectivity index (χ0n) is 11.1. The van der Waals surface area contributed by atoms with Crippen molar-refractivity contribution >= 4 is 0 Å². The molecule has 18 heavy (non-hydrogen) atoms. The van der Waals surface area contributed by atoms with Gasteiger partial charge in [0.1, 0.15) is 0 Å². The third kappa shape index (κ3) is 2.19. The first-order chi connectivity index (χ1) is 8.75. The lowest BCUT2D eigenvalue weighted by molar-refractivity contribution is 0.0398. The molecule has 0 bridgehead atoms. The summed E-state index contributed by atoms with van der Waals surface area (Å²) < 4.78 is 5.94. The van der Waals surface area contributed by atoms with Gasteiger partial charge in [-0.25, -0.2) is 0 Å². The van der Waals surface area contributed by atoms with Crippen molar-refractivity contribution in [2.75, 3.05) is 0 Å². The molecule has 1 aliphatic heterocycles. The topological polar surface area (TPSA) is 35.2 Å². The van der Waals surface area contributed by atoms with Crippen molar-refractivity contribution in [3.05, 3.63) is 35.4 Å². The molecule has 2 nitrogen and oxygen atoms in total. The molecule has 0 spiro atoms. The second-order valence-electron chi connectivity index (χ2n) is 5.85. The standard InChI is InChI=1S/C16H23NO/c1-11-9-10-15(18-11)16(17)14-8-3-2-7-13(14)12-5-4-6-12/h2-3,7-8,11-12,15-16H,4-6,9-10,17H2,1H3. The van der Waals surface area contributed by atoms with Crippen LogP contribution in [-0.4, -0.2) is 12.2 Å². The molecule has 0 radical (unpaired) electrons. The number of hydrogen-bond donors (Lipinski definition) is 1. The van der Waals surface area contributed by atoms with Crippen molar-refractivity contribution < 1.29 is 4.74 Å². The Morgan fingerprint density at radius 3 is 2.56 bits per heavy atom. The molecule has 2 aliphatic rings. The van der Waals surface area contributed by atoms with E-state index in [9.17, 15) is 0 Å². The van der Waals surface area contributed by atoms with Crippen LogP contribution in [0.15, 0.2) is 24.3 Å². The third-order valence-electron chi connectivity index (χ3n) is 4.57. The summed E-state index contributed by atoms with van der Waals surface area (Å²) in [5.41, 5.74) is 9.25. The van der Waals surface area contributed by atoms with Crippen LogP contribution in [0.1, 0.15) is 62.1 Å². The van der Waals surface area contributed by atoms with Gasteiger partial charge in [0.25, 0.3) is 0 Å². The predicted molar refractivity (Wildman–Crippen MR) is 73.5 cm³/mol. The van der Waals surface area contributed by atoms with Gasteiger partial charge in [-0.2, -0.15) is 0 Å². The number of rotatable bonds is 3. The van der Waals surface area contributed by atoms with E-state index >= 15 is 0 Å². The fraction of sp³-hybridized carbons (Fsp3) is 0.625. The zero-order chi connectivity index (χ0) is 12.5. The fourth-order valence-corrected chi connectivity index (χ4v) is 3.20. The molecule has 2 heteroatoms. The fourth-order valence-electron chi connectivity index (χ4n) is 3.20. The molecule has 1 aromatic carbocycles. The molecular formula is C16H23NO. The van der Waals surface area contributed by atoms with Gasteiger partial charge in [-0.1, -0.05) is 30.7 Å². The summed E-state index contributed by atoms with van der Waals surface area (Å²) in [6.45, 7) is 2.14. The summed E-state index contributed by atoms with van der Waals surface area (Å²) in [7, 11) is 0. The highest BCUT2D eigenvalue weighted by molar-refractivity contribution is 5.34. The first-order valence-corrected chi connectivity index (χ1v) is 7.25. The summed E-state index contributed by atoms with van der Waals surface area (Å²) >= 11 is 0. The van der Waals surface area contributed by atoms with Gasteiger partial charge >= 0.3 is 0 Å². The van der Waals surface area contributed by atoms with Crippen LogP contribution in [0.2, 0.25) is 0 Å². The van der Waals surface area contributed by atoms with E-state index in [1.54, 1.807) is 0 Å². The molecule has 2 fully saturated rings. The van der Waals surface area contributed by atoms with E-state index in [-0.39, 0.29) is 12.1 Å². The van der Waals surface area contributed by atoms with Crippen LogP contribution in [-0.2, 0) is 4.74 Å². The highest BCUT2D eigenvalue weighted by Gasteiger charge is 2.31. The Hall–Kier alpha value is -0.860. The molecule has 1 saturated carbocycles. The van der Waals surface area contributed by atoms with E-state index in [1.807, 2.05) is 0 Å². The van der Waals surface area contributed by atoms with E-state index < -0.39 is 0 Å². The quantitative estimate of drug-likeness (QED) is 0.884. The van der Waals surface area contributed by atoms with Crippen molar-refractivity contribution in [1.82, 2.24) is 0 Å². The monoisotopic (exact) mass is 245 g/mol. The molecule has 0 amide bonds. The van der Waals surface area contributed by atoms with E-state index in [0.717, 1.165) is 18.8 Å². The molecule has 1 aliphatic carbocycles. The second kappa shape index (κ2) is 5.02. The van der Waals surface area contributed by atoms with Crippen LogP contribution in [0.5, 0.6) is 0 Å². The van der Waals surface area contributed by atoms with Crippen molar-refractivity contribution in [2.24, 2.45) is 5.73 Å². The van der Waals surface area contributed by atoms with Crippen LogP contribution in [0, 0.1) is 0 Å². The van der Waals surface area contributed by atoms with Gasteiger partial charge in [0.05, 0.1) is 18.2 Å². The largest absolute Gasteiger partial charge is 0.373 e. The van der Waals surface area contributed by atoms with Crippen LogP contribution < -0.4 is 5.73 Å². The Balaban J connectivity index is 1.82. The molecule has 98 valence electrons. The molecule has 1 heterocycles. The lowest BCUT2D eigenvalue weighted by atomic mass is 9.76. The van der Waals surface area contributed by atoms with Gasteiger partial charge in [-0.15, -0.1) is 0 Å². The minimum absolute atomic E-state index is 0.0479. The number of ether oxygens (including phenoxy) is 1. The zero-order valence-corrected chi connectivity index (χ0v) is 11.1. The second-order valence-corrected chi connectivity index (χ2v) is 5.85. The van der Waals surface area contributed by atoms with Crippen molar-refractivity contribution in [3.8, 4) is 0 Å². The molecule has 3 rings (SSSR count). The number of hydrogen-bond acceptors (Lipinski definition) is 2. The molecule has 0 aromatic heterocycles. The Bertz CT molecular complexity index is 413. The van der Waals surface area contributed by atoms with Gasteiger partial charge < -0.3 is 10.5 Å². The highest BCUT2D eigenvalue weighted by Crippen LogP contribution is 2.40. The Morgan fingerprint density at radius 2 is 1.94 bits per heavy atom. The number of benzene rings is 1. The summed E-state index contributed by atoms with van der Waals surface area (Å²) in [6, 6.07) is 8.76. The molecule has 3 atom stereocenters. The SMILES string of the molecule is CC1CCC(C(N)c2ccccc2C2CCC2)O1. The molecule has 1 aromatic rings. The number of nitrogens with two attached hydrogens (primary N) is 1. The van der Waals surface area contributed by atoms with E-state index in [1.165, 1.54) is 30.4 Å². The van der Waals surface area contributed by atoms with Gasteiger partial charge in [0.2, 0.25) is 0 Å². The minimum Gasteiger partial charge on any atom is -0.373 e. The van der Waals surface area contributed by atoms with E-state index in [0.29, 0.717) is 6.10 Å². The Morgan fingerprint density at radius 1 is 1.17 bits per heavy atom.